The smallest absolute Gasteiger partial charge is 0.214 e. The van der Waals surface area contributed by atoms with E-state index in [0.29, 0.717) is 22.2 Å². The molecule has 0 aliphatic carbocycles. The van der Waals surface area contributed by atoms with Gasteiger partial charge in [-0.3, -0.25) is 5.43 Å². The molecule has 7 nitrogen and oxygen atoms in total. The van der Waals surface area contributed by atoms with E-state index in [4.69, 9.17) is 22.7 Å². The molecule has 25 heavy (non-hydrogen) atoms. The minimum Gasteiger partial charge on any atom is -0.455 e. The summed E-state index contributed by atoms with van der Waals surface area (Å²) in [5, 5.41) is 4.42. The quantitative estimate of drug-likeness (QED) is 0.283. The van der Waals surface area contributed by atoms with Gasteiger partial charge in [0.1, 0.15) is 21.3 Å². The van der Waals surface area contributed by atoms with E-state index >= 15 is 0 Å². The average Bonchev–Trinajstić information content (AvgIpc) is 2.97. The topological polar surface area (TPSA) is 110 Å². The van der Waals surface area contributed by atoms with Crippen LogP contribution in [0.4, 0.5) is 0 Å². The predicted octanol–water partition coefficient (Wildman–Crippen LogP) is 2.27. The van der Waals surface area contributed by atoms with E-state index in [1.165, 1.54) is 12.3 Å². The van der Waals surface area contributed by atoms with E-state index in [2.05, 4.69) is 15.5 Å². The van der Waals surface area contributed by atoms with Crippen LogP contribution >= 0.6 is 12.2 Å². The SMILES string of the molecule is NC(=S)N/N=C/c1c[nH]c2ccc3c(c12)S(=O)(=O)c1ccccc1O3. The third-order valence-corrected chi connectivity index (χ3v) is 5.75. The van der Waals surface area contributed by atoms with Gasteiger partial charge in [0.2, 0.25) is 9.84 Å². The number of hydrogen-bond donors (Lipinski definition) is 3. The molecule has 126 valence electrons. The molecule has 0 unspecified atom stereocenters. The van der Waals surface area contributed by atoms with Crippen LogP contribution in [-0.2, 0) is 9.84 Å². The van der Waals surface area contributed by atoms with Crippen LogP contribution in [0.2, 0.25) is 0 Å². The molecule has 1 aromatic heterocycles. The molecule has 4 N–H and O–H groups in total. The molecule has 9 heteroatoms. The Morgan fingerprint density at radius 2 is 2.04 bits per heavy atom. The summed E-state index contributed by atoms with van der Waals surface area (Å²) < 4.78 is 32.1. The second-order valence-electron chi connectivity index (χ2n) is 5.35. The summed E-state index contributed by atoms with van der Waals surface area (Å²) in [7, 11) is -3.74. The number of benzene rings is 2. The number of aromatic nitrogens is 1. The molecule has 0 saturated carbocycles. The van der Waals surface area contributed by atoms with Gasteiger partial charge in [-0.15, -0.1) is 0 Å². The van der Waals surface area contributed by atoms with Gasteiger partial charge in [0.15, 0.2) is 5.11 Å². The summed E-state index contributed by atoms with van der Waals surface area (Å²) in [6, 6.07) is 9.95. The minimum atomic E-state index is -3.74. The van der Waals surface area contributed by atoms with Crippen molar-refractivity contribution in [3.63, 3.8) is 0 Å². The first-order valence-electron chi connectivity index (χ1n) is 7.23. The second-order valence-corrected chi connectivity index (χ2v) is 7.64. The molecule has 0 fully saturated rings. The molecule has 0 spiro atoms. The normalized spacial score (nSPS) is 14.7. The molecular formula is C16H12N4O3S2. The first-order valence-corrected chi connectivity index (χ1v) is 9.12. The summed E-state index contributed by atoms with van der Waals surface area (Å²) in [4.78, 5) is 3.29. The highest BCUT2D eigenvalue weighted by Gasteiger charge is 2.34. The van der Waals surface area contributed by atoms with E-state index < -0.39 is 9.84 Å². The number of para-hydroxylation sites is 1. The van der Waals surface area contributed by atoms with Crippen molar-refractivity contribution in [2.24, 2.45) is 10.8 Å². The fraction of sp³-hybridized carbons (Fsp3) is 0. The highest BCUT2D eigenvalue weighted by Crippen LogP contribution is 2.45. The van der Waals surface area contributed by atoms with Gasteiger partial charge in [0, 0.05) is 22.7 Å². The zero-order valence-corrected chi connectivity index (χ0v) is 14.3. The van der Waals surface area contributed by atoms with Gasteiger partial charge in [-0.05, 0) is 36.5 Å². The Balaban J connectivity index is 1.97. The van der Waals surface area contributed by atoms with Crippen LogP contribution in [0.3, 0.4) is 0 Å². The Morgan fingerprint density at radius 3 is 2.84 bits per heavy atom. The van der Waals surface area contributed by atoms with Gasteiger partial charge in [0.25, 0.3) is 0 Å². The Bertz CT molecular complexity index is 1150. The summed E-state index contributed by atoms with van der Waals surface area (Å²) in [6.45, 7) is 0. The van der Waals surface area contributed by atoms with Crippen LogP contribution in [0, 0.1) is 0 Å². The Morgan fingerprint density at radius 1 is 1.24 bits per heavy atom. The summed E-state index contributed by atoms with van der Waals surface area (Å²) >= 11 is 4.69. The number of sulfone groups is 1. The summed E-state index contributed by atoms with van der Waals surface area (Å²) in [6.07, 6.45) is 3.11. The summed E-state index contributed by atoms with van der Waals surface area (Å²) in [5.74, 6) is 0.595. The van der Waals surface area contributed by atoms with Crippen LogP contribution in [0.5, 0.6) is 11.5 Å². The zero-order chi connectivity index (χ0) is 17.6. The van der Waals surface area contributed by atoms with Crippen LogP contribution < -0.4 is 15.9 Å². The van der Waals surface area contributed by atoms with Crippen LogP contribution in [-0.4, -0.2) is 24.7 Å². The number of hydrogen-bond acceptors (Lipinski definition) is 5. The lowest BCUT2D eigenvalue weighted by Crippen LogP contribution is -2.24. The molecule has 1 aliphatic rings. The van der Waals surface area contributed by atoms with Crippen molar-refractivity contribution in [2.75, 3.05) is 0 Å². The number of nitrogens with two attached hydrogens (primary N) is 1. The van der Waals surface area contributed by atoms with E-state index in [0.717, 1.165) is 0 Å². The number of nitrogens with one attached hydrogen (secondary N) is 2. The molecule has 3 aromatic rings. The van der Waals surface area contributed by atoms with Crippen molar-refractivity contribution in [3.05, 3.63) is 48.2 Å². The van der Waals surface area contributed by atoms with Gasteiger partial charge in [0.05, 0.1) is 6.21 Å². The third kappa shape index (κ3) is 2.44. The highest BCUT2D eigenvalue weighted by atomic mass is 32.2. The zero-order valence-electron chi connectivity index (χ0n) is 12.7. The number of aromatic amines is 1. The molecule has 0 bridgehead atoms. The van der Waals surface area contributed by atoms with Gasteiger partial charge in [-0.25, -0.2) is 8.42 Å². The van der Waals surface area contributed by atoms with Gasteiger partial charge < -0.3 is 15.5 Å². The lowest BCUT2D eigenvalue weighted by molar-refractivity contribution is 0.445. The van der Waals surface area contributed by atoms with E-state index in [1.807, 2.05) is 0 Å². The molecule has 2 heterocycles. The molecule has 1 aliphatic heterocycles. The first-order chi connectivity index (χ1) is 12.0. The Kier molecular flexibility index (Phi) is 3.48. The van der Waals surface area contributed by atoms with Gasteiger partial charge in [-0.1, -0.05) is 12.1 Å². The van der Waals surface area contributed by atoms with Crippen molar-refractivity contribution in [1.29, 1.82) is 0 Å². The third-order valence-electron chi connectivity index (χ3n) is 3.80. The number of hydrazone groups is 1. The second kappa shape index (κ2) is 5.57. The van der Waals surface area contributed by atoms with Crippen molar-refractivity contribution in [3.8, 4) is 11.5 Å². The predicted molar refractivity (Wildman–Crippen MR) is 97.8 cm³/mol. The maximum absolute atomic E-state index is 13.1. The average molecular weight is 372 g/mol. The van der Waals surface area contributed by atoms with Crippen LogP contribution in [0.15, 0.2) is 57.5 Å². The molecule has 0 atom stereocenters. The van der Waals surface area contributed by atoms with E-state index in [9.17, 15) is 8.42 Å². The standard InChI is InChI=1S/C16H12N4O3S2/c17-16(24)20-19-8-9-7-18-10-5-6-12-15(14(9)10)25(21,22)13-4-2-1-3-11(13)23-12/h1-8,18H,(H3,17,20,24)/b19-8+. The largest absolute Gasteiger partial charge is 0.455 e. The van der Waals surface area contributed by atoms with Gasteiger partial charge >= 0.3 is 0 Å². The maximum Gasteiger partial charge on any atom is 0.214 e. The van der Waals surface area contributed by atoms with Crippen molar-refractivity contribution in [1.82, 2.24) is 10.4 Å². The number of thiocarbonyl (C=S) groups is 1. The van der Waals surface area contributed by atoms with E-state index in [1.54, 1.807) is 36.5 Å². The number of rotatable bonds is 2. The van der Waals surface area contributed by atoms with Crippen molar-refractivity contribution < 1.29 is 13.2 Å². The molecule has 0 amide bonds. The highest BCUT2D eigenvalue weighted by molar-refractivity contribution is 7.92. The number of nitrogens with zero attached hydrogens (tertiary/aromatic N) is 1. The lowest BCUT2D eigenvalue weighted by Gasteiger charge is -2.21. The number of fused-ring (bicyclic) bond motifs is 4. The fourth-order valence-electron chi connectivity index (χ4n) is 2.80. The number of H-pyrrole nitrogens is 1. The molecule has 0 saturated heterocycles. The Labute approximate surface area is 148 Å². The molecule has 0 radical (unpaired) electrons. The van der Waals surface area contributed by atoms with Crippen molar-refractivity contribution in [2.45, 2.75) is 9.79 Å². The van der Waals surface area contributed by atoms with Crippen molar-refractivity contribution >= 4 is 44.3 Å². The Hall–Kier alpha value is -2.91. The van der Waals surface area contributed by atoms with E-state index in [-0.39, 0.29) is 20.7 Å². The first kappa shape index (κ1) is 15.6. The monoisotopic (exact) mass is 372 g/mol. The van der Waals surface area contributed by atoms with Gasteiger partial charge in [-0.2, -0.15) is 5.10 Å². The lowest BCUT2D eigenvalue weighted by atomic mass is 10.1. The number of ether oxygens (including phenoxy) is 1. The molecule has 2 aromatic carbocycles. The molecule has 4 rings (SSSR count). The minimum absolute atomic E-state index is 0.0167. The van der Waals surface area contributed by atoms with Crippen LogP contribution in [0.1, 0.15) is 5.56 Å². The maximum atomic E-state index is 13.1. The molecular weight excluding hydrogens is 360 g/mol. The summed E-state index contributed by atoms with van der Waals surface area (Å²) in [5.41, 5.74) is 9.01. The fourth-order valence-corrected chi connectivity index (χ4v) is 4.57. The van der Waals surface area contributed by atoms with Crippen LogP contribution in [0.25, 0.3) is 10.9 Å².